The van der Waals surface area contributed by atoms with Crippen LogP contribution < -0.4 is 5.32 Å². The predicted molar refractivity (Wildman–Crippen MR) is 67.0 cm³/mol. The number of carbonyl (C=O) groups is 1. The number of nitrogens with zero attached hydrogens (tertiary/aromatic N) is 1. The van der Waals surface area contributed by atoms with Gasteiger partial charge in [-0.15, -0.1) is 0 Å². The standard InChI is InChI=1S/C14H18N2O/c1-3-11(10-15)14(17)16-13(4-2)12-8-6-5-7-9-12/h5-9,11,13H,3-4H2,1-2H3,(H,16,17)/t11?,13-/m1/s1. The van der Waals surface area contributed by atoms with E-state index in [1.165, 1.54) is 0 Å². The molecule has 1 unspecified atom stereocenters. The average Bonchev–Trinajstić information content (AvgIpc) is 2.38. The molecular weight excluding hydrogens is 212 g/mol. The number of nitrogens with one attached hydrogen (secondary N) is 1. The summed E-state index contributed by atoms with van der Waals surface area (Å²) in [4.78, 5) is 11.8. The normalized spacial score (nSPS) is 13.5. The number of hydrogen-bond donors (Lipinski definition) is 1. The molecule has 3 nitrogen and oxygen atoms in total. The molecule has 0 aliphatic rings. The Bertz CT molecular complexity index is 394. The lowest BCUT2D eigenvalue weighted by molar-refractivity contribution is -0.124. The largest absolute Gasteiger partial charge is 0.348 e. The lowest BCUT2D eigenvalue weighted by Gasteiger charge is -2.18. The van der Waals surface area contributed by atoms with Crippen LogP contribution in [0.15, 0.2) is 30.3 Å². The van der Waals surface area contributed by atoms with Crippen LogP contribution in [0.5, 0.6) is 0 Å². The highest BCUT2D eigenvalue weighted by molar-refractivity contribution is 5.81. The first-order valence-corrected chi connectivity index (χ1v) is 5.97. The molecule has 90 valence electrons. The van der Waals surface area contributed by atoms with Crippen LogP contribution in [0, 0.1) is 17.2 Å². The van der Waals surface area contributed by atoms with Crippen molar-refractivity contribution < 1.29 is 4.79 Å². The zero-order valence-electron chi connectivity index (χ0n) is 10.3. The monoisotopic (exact) mass is 230 g/mol. The summed E-state index contributed by atoms with van der Waals surface area (Å²) in [6, 6.07) is 11.8. The molecule has 0 fully saturated rings. The van der Waals surface area contributed by atoms with Gasteiger partial charge in [0, 0.05) is 0 Å². The van der Waals surface area contributed by atoms with Crippen molar-refractivity contribution >= 4 is 5.91 Å². The molecule has 0 spiro atoms. The second kappa shape index (κ2) is 6.70. The van der Waals surface area contributed by atoms with E-state index in [0.29, 0.717) is 6.42 Å². The molecule has 0 aromatic heterocycles. The van der Waals surface area contributed by atoms with Crippen molar-refractivity contribution in [2.75, 3.05) is 0 Å². The van der Waals surface area contributed by atoms with E-state index in [2.05, 4.69) is 5.32 Å². The van der Waals surface area contributed by atoms with Gasteiger partial charge in [0.05, 0.1) is 12.1 Å². The molecule has 17 heavy (non-hydrogen) atoms. The van der Waals surface area contributed by atoms with E-state index in [1.54, 1.807) is 0 Å². The number of hydrogen-bond acceptors (Lipinski definition) is 2. The van der Waals surface area contributed by atoms with E-state index < -0.39 is 5.92 Å². The van der Waals surface area contributed by atoms with Crippen LogP contribution in [0.25, 0.3) is 0 Å². The first-order chi connectivity index (χ1) is 8.22. The van der Waals surface area contributed by atoms with Crippen molar-refractivity contribution in [1.82, 2.24) is 5.32 Å². The van der Waals surface area contributed by atoms with E-state index in [-0.39, 0.29) is 11.9 Å². The Morgan fingerprint density at radius 1 is 1.29 bits per heavy atom. The number of nitriles is 1. The molecular formula is C14H18N2O. The summed E-state index contributed by atoms with van der Waals surface area (Å²) in [6.45, 7) is 3.86. The Morgan fingerprint density at radius 2 is 1.94 bits per heavy atom. The van der Waals surface area contributed by atoms with Crippen molar-refractivity contribution in [3.05, 3.63) is 35.9 Å². The van der Waals surface area contributed by atoms with Gasteiger partial charge in [0.15, 0.2) is 0 Å². The number of benzene rings is 1. The summed E-state index contributed by atoms with van der Waals surface area (Å²) in [7, 11) is 0. The van der Waals surface area contributed by atoms with Gasteiger partial charge < -0.3 is 5.32 Å². The van der Waals surface area contributed by atoms with E-state index in [9.17, 15) is 4.79 Å². The maximum atomic E-state index is 11.8. The lowest BCUT2D eigenvalue weighted by Crippen LogP contribution is -2.33. The van der Waals surface area contributed by atoms with Gasteiger partial charge in [0.25, 0.3) is 0 Å². The van der Waals surface area contributed by atoms with Crippen molar-refractivity contribution in [3.8, 4) is 6.07 Å². The van der Waals surface area contributed by atoms with Gasteiger partial charge in [-0.3, -0.25) is 4.79 Å². The van der Waals surface area contributed by atoms with Gasteiger partial charge in [0.2, 0.25) is 5.91 Å². The fourth-order valence-electron chi connectivity index (χ4n) is 1.71. The van der Waals surface area contributed by atoms with E-state index in [0.717, 1.165) is 12.0 Å². The number of amides is 1. The third-order valence-corrected chi connectivity index (χ3v) is 2.81. The fourth-order valence-corrected chi connectivity index (χ4v) is 1.71. The van der Waals surface area contributed by atoms with Gasteiger partial charge in [-0.25, -0.2) is 0 Å². The summed E-state index contributed by atoms with van der Waals surface area (Å²) in [6.07, 6.45) is 1.37. The average molecular weight is 230 g/mol. The molecule has 0 aliphatic carbocycles. The molecule has 0 saturated heterocycles. The van der Waals surface area contributed by atoms with Gasteiger partial charge in [-0.2, -0.15) is 5.26 Å². The van der Waals surface area contributed by atoms with E-state index in [1.807, 2.05) is 50.2 Å². The molecule has 1 aromatic carbocycles. The first-order valence-electron chi connectivity index (χ1n) is 5.97. The van der Waals surface area contributed by atoms with Crippen LogP contribution in [0.1, 0.15) is 38.3 Å². The quantitative estimate of drug-likeness (QED) is 0.845. The zero-order valence-corrected chi connectivity index (χ0v) is 10.3. The van der Waals surface area contributed by atoms with Gasteiger partial charge in [-0.05, 0) is 18.4 Å². The Labute approximate surface area is 102 Å². The van der Waals surface area contributed by atoms with Crippen molar-refractivity contribution in [1.29, 1.82) is 5.26 Å². The minimum Gasteiger partial charge on any atom is -0.348 e. The highest BCUT2D eigenvalue weighted by Crippen LogP contribution is 2.16. The smallest absolute Gasteiger partial charge is 0.237 e. The van der Waals surface area contributed by atoms with Crippen LogP contribution in [0.3, 0.4) is 0 Å². The molecule has 1 N–H and O–H groups in total. The summed E-state index contributed by atoms with van der Waals surface area (Å²) in [5.41, 5.74) is 1.08. The van der Waals surface area contributed by atoms with Gasteiger partial charge in [0.1, 0.15) is 5.92 Å². The molecule has 0 bridgehead atoms. The van der Waals surface area contributed by atoms with Gasteiger partial charge >= 0.3 is 0 Å². The van der Waals surface area contributed by atoms with Gasteiger partial charge in [-0.1, -0.05) is 44.2 Å². The first kappa shape index (κ1) is 13.2. The summed E-state index contributed by atoms with van der Waals surface area (Å²) in [5, 5.41) is 11.8. The third-order valence-electron chi connectivity index (χ3n) is 2.81. The molecule has 1 aromatic rings. The molecule has 0 aliphatic heterocycles. The Hall–Kier alpha value is -1.82. The van der Waals surface area contributed by atoms with E-state index in [4.69, 9.17) is 5.26 Å². The minimum absolute atomic E-state index is 0.00824. The maximum Gasteiger partial charge on any atom is 0.237 e. The van der Waals surface area contributed by atoms with Crippen LogP contribution in [-0.2, 0) is 4.79 Å². The molecule has 0 heterocycles. The number of carbonyl (C=O) groups excluding carboxylic acids is 1. The fraction of sp³-hybridized carbons (Fsp3) is 0.429. The van der Waals surface area contributed by atoms with Crippen molar-refractivity contribution in [2.24, 2.45) is 5.92 Å². The van der Waals surface area contributed by atoms with Crippen molar-refractivity contribution in [2.45, 2.75) is 32.7 Å². The van der Waals surface area contributed by atoms with E-state index >= 15 is 0 Å². The number of rotatable bonds is 5. The Morgan fingerprint density at radius 3 is 2.41 bits per heavy atom. The second-order valence-corrected chi connectivity index (χ2v) is 3.97. The molecule has 3 heteroatoms. The molecule has 0 radical (unpaired) electrons. The maximum absolute atomic E-state index is 11.8. The highest BCUT2D eigenvalue weighted by Gasteiger charge is 2.19. The van der Waals surface area contributed by atoms with Crippen LogP contribution in [0.2, 0.25) is 0 Å². The highest BCUT2D eigenvalue weighted by atomic mass is 16.1. The topological polar surface area (TPSA) is 52.9 Å². The zero-order chi connectivity index (χ0) is 12.7. The molecule has 1 amide bonds. The summed E-state index contributed by atoms with van der Waals surface area (Å²) >= 11 is 0. The molecule has 0 saturated carbocycles. The van der Waals surface area contributed by atoms with Crippen LogP contribution in [-0.4, -0.2) is 5.91 Å². The third kappa shape index (κ3) is 3.60. The second-order valence-electron chi connectivity index (χ2n) is 3.97. The van der Waals surface area contributed by atoms with Crippen molar-refractivity contribution in [3.63, 3.8) is 0 Å². The summed E-state index contributed by atoms with van der Waals surface area (Å²) < 4.78 is 0. The Kier molecular flexibility index (Phi) is 5.22. The Balaban J connectivity index is 2.72. The SMILES string of the molecule is CCC(C#N)C(=O)N[C@H](CC)c1ccccc1. The lowest BCUT2D eigenvalue weighted by atomic mass is 10.0. The predicted octanol–water partition coefficient (Wildman–Crippen LogP) is 2.80. The summed E-state index contributed by atoms with van der Waals surface area (Å²) in [5.74, 6) is -0.724. The molecule has 1 rings (SSSR count). The molecule has 2 atom stereocenters. The minimum atomic E-state index is -0.548. The van der Waals surface area contributed by atoms with Crippen LogP contribution >= 0.6 is 0 Å². The van der Waals surface area contributed by atoms with Crippen LogP contribution in [0.4, 0.5) is 0 Å².